The molecule has 41 heavy (non-hydrogen) atoms. The zero-order valence-electron chi connectivity index (χ0n) is 24.1. The summed E-state index contributed by atoms with van der Waals surface area (Å²) in [5.74, 6) is 0.866. The van der Waals surface area contributed by atoms with Gasteiger partial charge in [0, 0.05) is 18.6 Å². The van der Waals surface area contributed by atoms with Gasteiger partial charge in [-0.15, -0.1) is 6.58 Å². The highest BCUT2D eigenvalue weighted by Gasteiger charge is 2.37. The van der Waals surface area contributed by atoms with E-state index in [9.17, 15) is 0 Å². The maximum absolute atomic E-state index is 4.28. The van der Waals surface area contributed by atoms with Crippen molar-refractivity contribution in [1.29, 1.82) is 0 Å². The lowest BCUT2D eigenvalue weighted by Gasteiger charge is -2.33. The Morgan fingerprint density at radius 1 is 0.732 bits per heavy atom. The molecule has 6 rings (SSSR count). The van der Waals surface area contributed by atoms with Crippen LogP contribution in [-0.2, 0) is 6.17 Å². The standard InChI is InChI=1S/C22H26N2Si.C15H15B/c1-2-3-4-11-18-25(20-24-17-16-23-19-24,21-12-7-5-8-13-21)22-14-9-6-10-15-22;1-3-7-13(8-4-1)16(15-11-12-15)14-9-5-2-6-10-14/h2,5-10,12-17,19H,1,3-4,11,18,20H2;1-10,15H,11-12H2. The van der Waals surface area contributed by atoms with E-state index >= 15 is 0 Å². The van der Waals surface area contributed by atoms with Crippen molar-refractivity contribution in [3.63, 3.8) is 0 Å². The molecule has 4 aromatic carbocycles. The molecule has 0 radical (unpaired) electrons. The number of benzene rings is 4. The van der Waals surface area contributed by atoms with Gasteiger partial charge >= 0.3 is 0 Å². The van der Waals surface area contributed by atoms with Gasteiger partial charge in [-0.2, -0.15) is 0 Å². The highest BCUT2D eigenvalue weighted by Crippen LogP contribution is 2.38. The van der Waals surface area contributed by atoms with E-state index in [1.165, 1.54) is 53.0 Å². The van der Waals surface area contributed by atoms with Crippen LogP contribution in [0.4, 0.5) is 0 Å². The topological polar surface area (TPSA) is 17.8 Å². The van der Waals surface area contributed by atoms with E-state index in [0.717, 1.165) is 18.4 Å². The SMILES string of the molecule is C=CCCCC[Si](Cn1ccnc1)(c1ccccc1)c1ccccc1.c1ccc(B(c2ccccc2)C2CC2)cc1. The fourth-order valence-electron chi connectivity index (χ4n) is 6.13. The first-order valence-corrected chi connectivity index (χ1v) is 17.5. The van der Waals surface area contributed by atoms with E-state index in [1.54, 1.807) is 0 Å². The second kappa shape index (κ2) is 14.7. The molecule has 206 valence electrons. The summed E-state index contributed by atoms with van der Waals surface area (Å²) < 4.78 is 2.26. The van der Waals surface area contributed by atoms with Crippen LogP contribution in [0.2, 0.25) is 11.9 Å². The third kappa shape index (κ3) is 7.65. The van der Waals surface area contributed by atoms with E-state index in [1.807, 2.05) is 18.6 Å². The molecule has 0 amide bonds. The van der Waals surface area contributed by atoms with Crippen molar-refractivity contribution in [1.82, 2.24) is 9.55 Å². The molecule has 0 bridgehead atoms. The number of aromatic nitrogens is 2. The molecule has 2 nitrogen and oxygen atoms in total. The van der Waals surface area contributed by atoms with Crippen molar-refractivity contribution in [2.45, 2.75) is 50.1 Å². The third-order valence-corrected chi connectivity index (χ3v) is 13.3. The molecule has 0 saturated heterocycles. The van der Waals surface area contributed by atoms with Gasteiger partial charge in [0.25, 0.3) is 0 Å². The summed E-state index contributed by atoms with van der Waals surface area (Å²) in [4.78, 5) is 4.28. The number of imidazole rings is 1. The molecule has 5 aromatic rings. The monoisotopic (exact) mass is 552 g/mol. The van der Waals surface area contributed by atoms with Crippen LogP contribution < -0.4 is 21.3 Å². The van der Waals surface area contributed by atoms with Crippen LogP contribution in [-0.4, -0.2) is 24.3 Å². The largest absolute Gasteiger partial charge is 0.340 e. The minimum Gasteiger partial charge on any atom is -0.340 e. The number of allylic oxidation sites excluding steroid dienone is 1. The number of unbranched alkanes of at least 4 members (excludes halogenated alkanes) is 2. The van der Waals surface area contributed by atoms with E-state index < -0.39 is 8.07 Å². The van der Waals surface area contributed by atoms with Crippen LogP contribution in [0.5, 0.6) is 0 Å². The van der Waals surface area contributed by atoms with E-state index in [0.29, 0.717) is 6.71 Å². The Kier molecular flexibility index (Phi) is 10.2. The lowest BCUT2D eigenvalue weighted by atomic mass is 9.37. The Balaban J connectivity index is 0.000000181. The van der Waals surface area contributed by atoms with Gasteiger partial charge in [-0.1, -0.05) is 180 Å². The number of hydrogen-bond acceptors (Lipinski definition) is 1. The van der Waals surface area contributed by atoms with Gasteiger partial charge in [0.15, 0.2) is 0 Å². The maximum Gasteiger partial charge on any atom is 0.212 e. The highest BCUT2D eigenvalue weighted by atomic mass is 28.3. The van der Waals surface area contributed by atoms with Gasteiger partial charge in [0.05, 0.1) is 6.33 Å². The second-order valence-corrected chi connectivity index (χ2v) is 15.4. The average molecular weight is 553 g/mol. The smallest absolute Gasteiger partial charge is 0.212 e. The average Bonchev–Trinajstić information content (AvgIpc) is 3.74. The lowest BCUT2D eigenvalue weighted by molar-refractivity contribution is 0.785. The molecule has 1 aromatic heterocycles. The van der Waals surface area contributed by atoms with E-state index in [2.05, 4.69) is 144 Å². The van der Waals surface area contributed by atoms with Gasteiger partial charge < -0.3 is 4.57 Å². The predicted octanol–water partition coefficient (Wildman–Crippen LogP) is 6.50. The quantitative estimate of drug-likeness (QED) is 0.0982. The molecular weight excluding hydrogens is 511 g/mol. The molecule has 1 heterocycles. The molecule has 1 aliphatic carbocycles. The van der Waals surface area contributed by atoms with Crippen LogP contribution in [0.3, 0.4) is 0 Å². The number of rotatable bonds is 12. The Morgan fingerprint density at radius 2 is 1.24 bits per heavy atom. The second-order valence-electron chi connectivity index (χ2n) is 11.2. The van der Waals surface area contributed by atoms with Gasteiger partial charge in [0.1, 0.15) is 8.07 Å². The molecule has 0 atom stereocenters. The van der Waals surface area contributed by atoms with Crippen LogP contribution >= 0.6 is 0 Å². The van der Waals surface area contributed by atoms with Gasteiger partial charge in [-0.3, -0.25) is 0 Å². The summed E-state index contributed by atoms with van der Waals surface area (Å²) >= 11 is 0. The van der Waals surface area contributed by atoms with Gasteiger partial charge in [-0.05, 0) is 12.5 Å². The summed E-state index contributed by atoms with van der Waals surface area (Å²) in [7, 11) is -1.91. The van der Waals surface area contributed by atoms with Crippen LogP contribution in [0.25, 0.3) is 0 Å². The van der Waals surface area contributed by atoms with Gasteiger partial charge in [-0.25, -0.2) is 4.98 Å². The fraction of sp³-hybridized carbons (Fsp3) is 0.216. The first-order chi connectivity index (χ1) is 20.3. The molecule has 0 unspecified atom stereocenters. The molecule has 0 spiro atoms. The van der Waals surface area contributed by atoms with Crippen LogP contribution in [0.15, 0.2) is 153 Å². The normalized spacial score (nSPS) is 12.7. The summed E-state index contributed by atoms with van der Waals surface area (Å²) in [6, 6.07) is 45.3. The van der Waals surface area contributed by atoms with Crippen molar-refractivity contribution in [3.05, 3.63) is 153 Å². The first-order valence-electron chi connectivity index (χ1n) is 15.1. The van der Waals surface area contributed by atoms with Crippen molar-refractivity contribution < 1.29 is 0 Å². The predicted molar refractivity (Wildman–Crippen MR) is 180 cm³/mol. The molecule has 0 N–H and O–H groups in total. The van der Waals surface area contributed by atoms with E-state index in [4.69, 9.17) is 0 Å². The maximum atomic E-state index is 4.28. The first kappa shape index (κ1) is 28.6. The van der Waals surface area contributed by atoms with Crippen LogP contribution in [0.1, 0.15) is 32.1 Å². The molecule has 1 fully saturated rings. The summed E-state index contributed by atoms with van der Waals surface area (Å²) in [5, 5.41) is 3.02. The molecule has 0 aliphatic heterocycles. The van der Waals surface area contributed by atoms with Crippen molar-refractivity contribution >= 4 is 36.1 Å². The third-order valence-electron chi connectivity index (χ3n) is 8.34. The van der Waals surface area contributed by atoms with Crippen molar-refractivity contribution in [2.24, 2.45) is 0 Å². The molecule has 1 saturated carbocycles. The Morgan fingerprint density at radius 3 is 1.68 bits per heavy atom. The minimum atomic E-state index is -1.91. The van der Waals surface area contributed by atoms with E-state index in [-0.39, 0.29) is 0 Å². The Bertz CT molecular complexity index is 1340. The Hall–Kier alpha value is -3.89. The highest BCUT2D eigenvalue weighted by molar-refractivity contribution is 7.01. The van der Waals surface area contributed by atoms with Crippen LogP contribution in [0, 0.1) is 0 Å². The van der Waals surface area contributed by atoms with Crippen molar-refractivity contribution in [3.8, 4) is 0 Å². The fourth-order valence-corrected chi connectivity index (χ4v) is 10.9. The zero-order valence-corrected chi connectivity index (χ0v) is 25.1. The number of hydrogen-bond donors (Lipinski definition) is 0. The van der Waals surface area contributed by atoms with Gasteiger partial charge in [0.2, 0.25) is 6.71 Å². The Labute approximate surface area is 247 Å². The summed E-state index contributed by atoms with van der Waals surface area (Å²) in [5.41, 5.74) is 2.94. The molecule has 1 aliphatic rings. The minimum absolute atomic E-state index is 0.613. The molecule has 4 heteroatoms. The number of nitrogens with zero attached hydrogens (tertiary/aromatic N) is 2. The molecular formula is C37H41BN2Si. The lowest BCUT2D eigenvalue weighted by Crippen LogP contribution is -2.61. The summed E-state index contributed by atoms with van der Waals surface area (Å²) in [6.07, 6.45) is 15.3. The van der Waals surface area contributed by atoms with Crippen molar-refractivity contribution in [2.75, 3.05) is 0 Å². The zero-order chi connectivity index (χ0) is 28.2. The summed E-state index contributed by atoms with van der Waals surface area (Å²) in [6.45, 7) is 4.48.